The fourth-order valence-corrected chi connectivity index (χ4v) is 4.25. The van der Waals surface area contributed by atoms with Crippen LogP contribution in [0.3, 0.4) is 0 Å². The van der Waals surface area contributed by atoms with Crippen LogP contribution in [0.1, 0.15) is 29.5 Å². The zero-order valence-corrected chi connectivity index (χ0v) is 12.3. The van der Waals surface area contributed by atoms with Gasteiger partial charge in [0.15, 0.2) is 0 Å². The molecule has 4 atom stereocenters. The molecule has 0 radical (unpaired) electrons. The molecule has 2 aliphatic rings. The van der Waals surface area contributed by atoms with Gasteiger partial charge >= 0.3 is 0 Å². The Balaban J connectivity index is 1.71. The van der Waals surface area contributed by atoms with E-state index in [2.05, 4.69) is 57.3 Å². The van der Waals surface area contributed by atoms with E-state index in [1.807, 2.05) is 6.07 Å². The summed E-state index contributed by atoms with van der Waals surface area (Å²) in [5.41, 5.74) is 9.15. The number of hydrogen-bond donors (Lipinski definition) is 3. The van der Waals surface area contributed by atoms with Gasteiger partial charge in [0.05, 0.1) is 12.2 Å². The topological polar surface area (TPSA) is 53.2 Å². The highest BCUT2D eigenvalue weighted by atomic mass is 32.1. The molecule has 4 nitrogen and oxygen atoms in total. The molecule has 3 N–H and O–H groups in total. The summed E-state index contributed by atoms with van der Waals surface area (Å²) in [5, 5.41) is 7.32. The number of thiophene rings is 1. The standard InChI is InChI=1S/C16H17N3OS/c20-13-8-12(11-6-7-21-9-11)14-15(18-19-16(14)17-13)10-4-2-1-3-5-10/h1-7,9,12,14-16,18-19H,8H2,(H,17,20). The first-order chi connectivity index (χ1) is 10.3. The third kappa shape index (κ3) is 2.27. The number of carbonyl (C=O) groups excluding carboxylic acids is 1. The van der Waals surface area contributed by atoms with E-state index in [4.69, 9.17) is 0 Å². The first kappa shape index (κ1) is 13.0. The van der Waals surface area contributed by atoms with Gasteiger partial charge in [-0.2, -0.15) is 11.3 Å². The van der Waals surface area contributed by atoms with Crippen LogP contribution in [-0.2, 0) is 4.79 Å². The Morgan fingerprint density at radius 1 is 1.05 bits per heavy atom. The molecule has 2 fully saturated rings. The van der Waals surface area contributed by atoms with E-state index >= 15 is 0 Å². The molecule has 0 saturated carbocycles. The van der Waals surface area contributed by atoms with Crippen LogP contribution in [-0.4, -0.2) is 12.1 Å². The molecule has 0 aliphatic carbocycles. The second-order valence-corrected chi connectivity index (χ2v) is 6.45. The number of hydrogen-bond acceptors (Lipinski definition) is 4. The number of benzene rings is 1. The SMILES string of the molecule is O=C1CC(c2ccsc2)C2C(NNC2c2ccccc2)N1. The highest BCUT2D eigenvalue weighted by molar-refractivity contribution is 7.08. The Labute approximate surface area is 127 Å². The van der Waals surface area contributed by atoms with Crippen molar-refractivity contribution in [2.45, 2.75) is 24.5 Å². The summed E-state index contributed by atoms with van der Waals surface area (Å²) in [5.74, 6) is 0.692. The molecule has 2 aliphatic heterocycles. The monoisotopic (exact) mass is 299 g/mol. The van der Waals surface area contributed by atoms with Crippen molar-refractivity contribution >= 4 is 17.2 Å². The fourth-order valence-electron chi connectivity index (χ4n) is 3.52. The van der Waals surface area contributed by atoms with Crippen LogP contribution >= 0.6 is 11.3 Å². The summed E-state index contributed by atoms with van der Waals surface area (Å²) in [6.45, 7) is 0. The highest BCUT2D eigenvalue weighted by Crippen LogP contribution is 2.43. The van der Waals surface area contributed by atoms with Crippen molar-refractivity contribution in [2.24, 2.45) is 5.92 Å². The van der Waals surface area contributed by atoms with Crippen LogP contribution in [0.2, 0.25) is 0 Å². The lowest BCUT2D eigenvalue weighted by Gasteiger charge is -2.35. The zero-order chi connectivity index (χ0) is 14.2. The summed E-state index contributed by atoms with van der Waals surface area (Å²) >= 11 is 1.69. The molecule has 2 aromatic rings. The van der Waals surface area contributed by atoms with Crippen molar-refractivity contribution in [2.75, 3.05) is 0 Å². The largest absolute Gasteiger partial charge is 0.339 e. The minimum atomic E-state index is -0.0126. The zero-order valence-electron chi connectivity index (χ0n) is 11.5. The van der Waals surface area contributed by atoms with E-state index in [1.165, 1.54) is 11.1 Å². The third-order valence-corrected chi connectivity index (χ3v) is 5.18. The molecule has 1 amide bonds. The lowest BCUT2D eigenvalue weighted by molar-refractivity contribution is -0.125. The predicted molar refractivity (Wildman–Crippen MR) is 82.6 cm³/mol. The molecule has 1 aromatic carbocycles. The van der Waals surface area contributed by atoms with Crippen LogP contribution in [0, 0.1) is 5.92 Å². The van der Waals surface area contributed by atoms with Gasteiger partial charge in [0, 0.05) is 18.3 Å². The average molecular weight is 299 g/mol. The van der Waals surface area contributed by atoms with Crippen molar-refractivity contribution < 1.29 is 4.79 Å². The van der Waals surface area contributed by atoms with Gasteiger partial charge in [0.1, 0.15) is 0 Å². The molecular weight excluding hydrogens is 282 g/mol. The van der Waals surface area contributed by atoms with E-state index in [9.17, 15) is 4.79 Å². The number of nitrogens with one attached hydrogen (secondary N) is 3. The van der Waals surface area contributed by atoms with Crippen molar-refractivity contribution in [3.63, 3.8) is 0 Å². The summed E-state index contributed by atoms with van der Waals surface area (Å²) < 4.78 is 0. The molecular formula is C16H17N3OS. The van der Waals surface area contributed by atoms with Gasteiger partial charge in [-0.1, -0.05) is 30.3 Å². The number of piperidine rings is 1. The maximum absolute atomic E-state index is 12.0. The summed E-state index contributed by atoms with van der Waals surface area (Å²) in [7, 11) is 0. The second kappa shape index (κ2) is 5.26. The molecule has 108 valence electrons. The Hall–Kier alpha value is -1.69. The average Bonchev–Trinajstić information content (AvgIpc) is 3.16. The first-order valence-electron chi connectivity index (χ1n) is 7.20. The third-order valence-electron chi connectivity index (χ3n) is 4.48. The van der Waals surface area contributed by atoms with E-state index in [1.54, 1.807) is 11.3 Å². The molecule has 0 bridgehead atoms. The Bertz CT molecular complexity index is 628. The number of hydrazine groups is 1. The molecule has 4 unspecified atom stereocenters. The summed E-state index contributed by atoms with van der Waals surface area (Å²) in [6.07, 6.45) is 0.547. The maximum Gasteiger partial charge on any atom is 0.221 e. The Morgan fingerprint density at radius 2 is 1.90 bits per heavy atom. The summed E-state index contributed by atoms with van der Waals surface area (Å²) in [6, 6.07) is 12.8. The quantitative estimate of drug-likeness (QED) is 0.796. The summed E-state index contributed by atoms with van der Waals surface area (Å²) in [4.78, 5) is 12.0. The van der Waals surface area contributed by atoms with Crippen molar-refractivity contribution in [3.05, 3.63) is 58.3 Å². The minimum Gasteiger partial charge on any atom is -0.339 e. The van der Waals surface area contributed by atoms with Crippen LogP contribution < -0.4 is 16.2 Å². The van der Waals surface area contributed by atoms with E-state index < -0.39 is 0 Å². The lowest BCUT2D eigenvalue weighted by atomic mass is 9.75. The normalized spacial score (nSPS) is 31.7. The van der Waals surface area contributed by atoms with Crippen molar-refractivity contribution in [3.8, 4) is 0 Å². The van der Waals surface area contributed by atoms with E-state index in [-0.39, 0.29) is 24.0 Å². The van der Waals surface area contributed by atoms with Crippen LogP contribution in [0.4, 0.5) is 0 Å². The van der Waals surface area contributed by atoms with Crippen molar-refractivity contribution in [1.82, 2.24) is 16.2 Å². The van der Waals surface area contributed by atoms with Crippen LogP contribution in [0.15, 0.2) is 47.2 Å². The molecule has 3 heterocycles. The van der Waals surface area contributed by atoms with Gasteiger partial charge in [-0.15, -0.1) is 0 Å². The number of fused-ring (bicyclic) bond motifs is 1. The minimum absolute atomic E-state index is 0.0126. The van der Waals surface area contributed by atoms with Gasteiger partial charge in [-0.25, -0.2) is 10.9 Å². The number of amides is 1. The fraction of sp³-hybridized carbons (Fsp3) is 0.312. The first-order valence-corrected chi connectivity index (χ1v) is 8.14. The second-order valence-electron chi connectivity index (χ2n) is 5.67. The number of carbonyl (C=O) groups is 1. The van der Waals surface area contributed by atoms with Gasteiger partial charge in [0.2, 0.25) is 5.91 Å². The van der Waals surface area contributed by atoms with Crippen LogP contribution in [0.25, 0.3) is 0 Å². The molecule has 5 heteroatoms. The Kier molecular flexibility index (Phi) is 3.25. The number of rotatable bonds is 2. The predicted octanol–water partition coefficient (Wildman–Crippen LogP) is 2.14. The maximum atomic E-state index is 12.0. The molecule has 21 heavy (non-hydrogen) atoms. The van der Waals surface area contributed by atoms with Gasteiger partial charge < -0.3 is 5.32 Å². The highest BCUT2D eigenvalue weighted by Gasteiger charge is 2.46. The molecule has 2 saturated heterocycles. The van der Waals surface area contributed by atoms with E-state index in [0.717, 1.165) is 0 Å². The van der Waals surface area contributed by atoms with Gasteiger partial charge in [-0.05, 0) is 28.0 Å². The molecule has 1 aromatic heterocycles. The molecule has 0 spiro atoms. The van der Waals surface area contributed by atoms with Crippen molar-refractivity contribution in [1.29, 1.82) is 0 Å². The van der Waals surface area contributed by atoms with Crippen LogP contribution in [0.5, 0.6) is 0 Å². The van der Waals surface area contributed by atoms with Gasteiger partial charge in [0.25, 0.3) is 0 Å². The molecule has 4 rings (SSSR count). The Morgan fingerprint density at radius 3 is 2.67 bits per heavy atom. The lowest BCUT2D eigenvalue weighted by Crippen LogP contribution is -2.52. The smallest absolute Gasteiger partial charge is 0.221 e. The van der Waals surface area contributed by atoms with E-state index in [0.29, 0.717) is 12.3 Å². The van der Waals surface area contributed by atoms with Gasteiger partial charge in [-0.3, -0.25) is 4.79 Å².